The van der Waals surface area contributed by atoms with Crippen LogP contribution in [0.1, 0.15) is 37.6 Å². The fraction of sp³-hybridized carbons (Fsp3) is 0.562. The van der Waals surface area contributed by atoms with Crippen LogP contribution in [-0.2, 0) is 0 Å². The number of carbonyl (C=O) groups is 1. The summed E-state index contributed by atoms with van der Waals surface area (Å²) >= 11 is 3.67. The van der Waals surface area contributed by atoms with Crippen LogP contribution < -0.4 is 4.74 Å². The lowest BCUT2D eigenvalue weighted by Crippen LogP contribution is -2.43. The zero-order valence-electron chi connectivity index (χ0n) is 12.3. The second kappa shape index (κ2) is 6.61. The van der Waals surface area contributed by atoms with Gasteiger partial charge < -0.3 is 9.64 Å². The van der Waals surface area contributed by atoms with Crippen molar-refractivity contribution in [3.05, 3.63) is 29.8 Å². The molecule has 0 spiro atoms. The fourth-order valence-electron chi connectivity index (χ4n) is 2.46. The van der Waals surface area contributed by atoms with Gasteiger partial charge in [0.15, 0.2) is 0 Å². The minimum Gasteiger partial charge on any atom is -0.491 e. The van der Waals surface area contributed by atoms with Gasteiger partial charge in [0.2, 0.25) is 0 Å². The number of halogens is 1. The van der Waals surface area contributed by atoms with Crippen LogP contribution in [0.4, 0.5) is 0 Å². The van der Waals surface area contributed by atoms with Crippen molar-refractivity contribution in [2.24, 2.45) is 5.92 Å². The van der Waals surface area contributed by atoms with Crippen LogP contribution in [0.2, 0.25) is 0 Å². The van der Waals surface area contributed by atoms with Crippen LogP contribution >= 0.6 is 15.9 Å². The van der Waals surface area contributed by atoms with Crippen molar-refractivity contribution >= 4 is 21.8 Å². The second-order valence-electron chi connectivity index (χ2n) is 5.73. The highest BCUT2D eigenvalue weighted by Gasteiger charge is 2.27. The molecule has 0 saturated carbocycles. The van der Waals surface area contributed by atoms with Crippen LogP contribution in [0.3, 0.4) is 0 Å². The van der Waals surface area contributed by atoms with E-state index in [9.17, 15) is 4.79 Å². The first kappa shape index (κ1) is 15.4. The van der Waals surface area contributed by atoms with Gasteiger partial charge in [-0.25, -0.2) is 0 Å². The highest BCUT2D eigenvalue weighted by atomic mass is 79.9. The summed E-state index contributed by atoms with van der Waals surface area (Å²) in [5, 5.41) is 0. The van der Waals surface area contributed by atoms with Gasteiger partial charge in [-0.15, -0.1) is 0 Å². The van der Waals surface area contributed by atoms with E-state index in [-0.39, 0.29) is 12.0 Å². The Morgan fingerprint density at radius 3 is 2.85 bits per heavy atom. The first-order valence-corrected chi connectivity index (χ1v) is 8.09. The third-order valence-corrected chi connectivity index (χ3v) is 4.90. The van der Waals surface area contributed by atoms with Gasteiger partial charge in [-0.05, 0) is 44.4 Å². The lowest BCUT2D eigenvalue weighted by atomic mass is 9.99. The Morgan fingerprint density at radius 1 is 1.45 bits per heavy atom. The number of hydrogen-bond acceptors (Lipinski definition) is 2. The van der Waals surface area contributed by atoms with Crippen molar-refractivity contribution in [3.8, 4) is 5.75 Å². The van der Waals surface area contributed by atoms with Gasteiger partial charge in [0.1, 0.15) is 5.75 Å². The highest BCUT2D eigenvalue weighted by Crippen LogP contribution is 2.25. The van der Waals surface area contributed by atoms with E-state index in [1.54, 1.807) is 0 Å². The average molecular weight is 340 g/mol. The summed E-state index contributed by atoms with van der Waals surface area (Å²) in [6.07, 6.45) is 1.12. The lowest BCUT2D eigenvalue weighted by Gasteiger charge is -2.34. The van der Waals surface area contributed by atoms with E-state index in [2.05, 4.69) is 22.9 Å². The number of alkyl halides is 1. The predicted molar refractivity (Wildman–Crippen MR) is 84.6 cm³/mol. The van der Waals surface area contributed by atoms with Crippen LogP contribution in [0, 0.1) is 5.92 Å². The summed E-state index contributed by atoms with van der Waals surface area (Å²) < 4.78 is 5.65. The van der Waals surface area contributed by atoms with E-state index < -0.39 is 0 Å². The maximum absolute atomic E-state index is 12.5. The van der Waals surface area contributed by atoms with Gasteiger partial charge in [-0.3, -0.25) is 4.79 Å². The minimum atomic E-state index is 0.102. The molecule has 1 heterocycles. The van der Waals surface area contributed by atoms with Crippen LogP contribution in [-0.4, -0.2) is 34.8 Å². The Hall–Kier alpha value is -1.03. The van der Waals surface area contributed by atoms with Crippen molar-refractivity contribution in [1.29, 1.82) is 0 Å². The van der Waals surface area contributed by atoms with Crippen LogP contribution in [0.15, 0.2) is 24.3 Å². The molecule has 1 fully saturated rings. The third kappa shape index (κ3) is 3.75. The summed E-state index contributed by atoms with van der Waals surface area (Å²) in [6.45, 7) is 7.77. The Balaban J connectivity index is 2.09. The molecule has 110 valence electrons. The molecule has 1 saturated heterocycles. The quantitative estimate of drug-likeness (QED) is 0.785. The molecular formula is C16H22BrNO2. The number of rotatable bonds is 3. The van der Waals surface area contributed by atoms with Crippen LogP contribution in [0.25, 0.3) is 0 Å². The molecule has 0 aliphatic carbocycles. The highest BCUT2D eigenvalue weighted by molar-refractivity contribution is 9.09. The monoisotopic (exact) mass is 339 g/mol. The average Bonchev–Trinajstić information content (AvgIpc) is 2.40. The van der Waals surface area contributed by atoms with Gasteiger partial charge in [-0.2, -0.15) is 0 Å². The predicted octanol–water partition coefficient (Wildman–Crippen LogP) is 3.72. The summed E-state index contributed by atoms with van der Waals surface area (Å²) in [6, 6.07) is 7.48. The number of carbonyl (C=O) groups excluding carboxylic acids is 1. The number of hydrogen-bond donors (Lipinski definition) is 0. The topological polar surface area (TPSA) is 29.5 Å². The molecule has 20 heavy (non-hydrogen) atoms. The van der Waals surface area contributed by atoms with E-state index in [1.165, 1.54) is 0 Å². The zero-order chi connectivity index (χ0) is 14.7. The molecule has 0 radical (unpaired) electrons. The third-order valence-electron chi connectivity index (χ3n) is 3.54. The lowest BCUT2D eigenvalue weighted by molar-refractivity contribution is 0.0690. The number of piperidine rings is 1. The molecular weight excluding hydrogens is 318 g/mol. The van der Waals surface area contributed by atoms with Gasteiger partial charge in [0.05, 0.1) is 6.10 Å². The van der Waals surface area contributed by atoms with E-state index >= 15 is 0 Å². The summed E-state index contributed by atoms with van der Waals surface area (Å²) in [5.41, 5.74) is 0.711. The molecule has 0 aromatic heterocycles. The zero-order valence-corrected chi connectivity index (χ0v) is 13.9. The maximum atomic E-state index is 12.5. The number of benzene rings is 1. The molecule has 0 bridgehead atoms. The molecule has 2 rings (SSSR count). The molecule has 2 atom stereocenters. The standard InChI is InChI=1S/C16H22BrNO2/c1-11(2)20-14-6-4-5-13(9-14)16(19)18-8-7-15(17)12(3)10-18/h4-6,9,11-12,15H,7-8,10H2,1-3H3. The van der Waals surface area contributed by atoms with E-state index in [1.807, 2.05) is 43.0 Å². The molecule has 1 aromatic rings. The summed E-state index contributed by atoms with van der Waals surface area (Å²) in [4.78, 5) is 15.0. The molecule has 3 nitrogen and oxygen atoms in total. The minimum absolute atomic E-state index is 0.102. The van der Waals surface area contributed by atoms with Gasteiger partial charge in [0.25, 0.3) is 5.91 Å². The van der Waals surface area contributed by atoms with E-state index in [4.69, 9.17) is 4.74 Å². The van der Waals surface area contributed by atoms with Crippen molar-refractivity contribution in [1.82, 2.24) is 4.90 Å². The van der Waals surface area contributed by atoms with Crippen molar-refractivity contribution < 1.29 is 9.53 Å². The van der Waals surface area contributed by atoms with E-state index in [0.29, 0.717) is 16.3 Å². The fourth-order valence-corrected chi connectivity index (χ4v) is 2.83. The number of nitrogens with zero attached hydrogens (tertiary/aromatic N) is 1. The largest absolute Gasteiger partial charge is 0.491 e. The number of ether oxygens (including phenoxy) is 1. The van der Waals surface area contributed by atoms with Gasteiger partial charge in [0, 0.05) is 23.5 Å². The molecule has 1 aromatic carbocycles. The Morgan fingerprint density at radius 2 is 2.20 bits per heavy atom. The molecule has 4 heteroatoms. The van der Waals surface area contributed by atoms with Crippen molar-refractivity contribution in [2.75, 3.05) is 13.1 Å². The van der Waals surface area contributed by atoms with Gasteiger partial charge in [-0.1, -0.05) is 28.9 Å². The van der Waals surface area contributed by atoms with Crippen molar-refractivity contribution in [3.63, 3.8) is 0 Å². The SMILES string of the molecule is CC(C)Oc1cccc(C(=O)N2CCC(Br)C(C)C2)c1. The first-order chi connectivity index (χ1) is 9.47. The molecule has 1 amide bonds. The molecule has 1 aliphatic heterocycles. The number of likely N-dealkylation sites (tertiary alicyclic amines) is 1. The maximum Gasteiger partial charge on any atom is 0.253 e. The normalized spacial score (nSPS) is 22.9. The smallest absolute Gasteiger partial charge is 0.253 e. The van der Waals surface area contributed by atoms with Crippen LogP contribution in [0.5, 0.6) is 5.75 Å². The molecule has 2 unspecified atom stereocenters. The Labute approximate surface area is 129 Å². The number of amides is 1. The van der Waals surface area contributed by atoms with Gasteiger partial charge >= 0.3 is 0 Å². The molecule has 0 N–H and O–H groups in total. The second-order valence-corrected chi connectivity index (χ2v) is 6.90. The van der Waals surface area contributed by atoms with E-state index in [0.717, 1.165) is 25.3 Å². The molecule has 1 aliphatic rings. The Kier molecular flexibility index (Phi) is 5.08. The Bertz CT molecular complexity index is 475. The summed E-state index contributed by atoms with van der Waals surface area (Å²) in [5.74, 6) is 1.35. The van der Waals surface area contributed by atoms with Crippen molar-refractivity contribution in [2.45, 2.75) is 38.1 Å². The first-order valence-electron chi connectivity index (χ1n) is 7.17. The summed E-state index contributed by atoms with van der Waals surface area (Å²) in [7, 11) is 0.